The van der Waals surface area contributed by atoms with Crippen LogP contribution in [-0.2, 0) is 9.09 Å². The number of phosphoric acid groups is 1. The van der Waals surface area contributed by atoms with Crippen LogP contribution in [-0.4, -0.2) is 14.8 Å². The molecular weight excluding hydrogens is 241 g/mol. The molecule has 0 saturated heterocycles. The average molecular weight is 255 g/mol. The summed E-state index contributed by atoms with van der Waals surface area (Å²) in [6.07, 6.45) is 1.62. The van der Waals surface area contributed by atoms with Crippen molar-refractivity contribution < 1.29 is 18.9 Å². The van der Waals surface area contributed by atoms with Crippen molar-refractivity contribution in [2.24, 2.45) is 0 Å². The normalized spacial score (nSPS) is 14.1. The van der Waals surface area contributed by atoms with Crippen LogP contribution in [0.3, 0.4) is 0 Å². The second-order valence-electron chi connectivity index (χ2n) is 3.78. The topological polar surface area (TPSA) is 82.6 Å². The third-order valence-corrected chi connectivity index (χ3v) is 3.13. The highest BCUT2D eigenvalue weighted by atomic mass is 31.2. The second kappa shape index (κ2) is 4.63. The van der Waals surface area contributed by atoms with Crippen molar-refractivity contribution in [3.05, 3.63) is 36.0 Å². The first-order valence-corrected chi connectivity index (χ1v) is 6.84. The van der Waals surface area contributed by atoms with Crippen LogP contribution in [0.25, 0.3) is 10.9 Å². The third kappa shape index (κ3) is 2.76. The zero-order valence-electron chi connectivity index (χ0n) is 9.33. The molecule has 1 aromatic heterocycles. The van der Waals surface area contributed by atoms with E-state index in [9.17, 15) is 4.57 Å². The van der Waals surface area contributed by atoms with Crippen molar-refractivity contribution in [3.63, 3.8) is 0 Å². The molecule has 0 aliphatic rings. The minimum absolute atomic E-state index is 0.493. The molecule has 0 aliphatic carbocycles. The molecule has 2 rings (SSSR count). The van der Waals surface area contributed by atoms with Crippen LogP contribution in [0.5, 0.6) is 0 Å². The molecule has 17 heavy (non-hydrogen) atoms. The SMILES string of the molecule is CCC(OP(=O)(O)O)c1c[nH]c2ccccc12. The molecule has 0 saturated carbocycles. The van der Waals surface area contributed by atoms with Crippen LogP contribution in [0.15, 0.2) is 30.5 Å². The van der Waals surface area contributed by atoms with Gasteiger partial charge >= 0.3 is 7.82 Å². The largest absolute Gasteiger partial charge is 0.470 e. The molecule has 0 amide bonds. The minimum atomic E-state index is -4.47. The average Bonchev–Trinajstić information content (AvgIpc) is 2.68. The molecule has 5 nitrogen and oxygen atoms in total. The highest BCUT2D eigenvalue weighted by Crippen LogP contribution is 2.44. The van der Waals surface area contributed by atoms with Gasteiger partial charge in [0.2, 0.25) is 0 Å². The predicted molar refractivity (Wildman–Crippen MR) is 64.5 cm³/mol. The number of H-pyrrole nitrogens is 1. The molecular formula is C11H14NO4P. The van der Waals surface area contributed by atoms with Crippen molar-refractivity contribution in [3.8, 4) is 0 Å². The Labute approximate surface area is 98.7 Å². The summed E-state index contributed by atoms with van der Waals surface area (Å²) in [5.74, 6) is 0. The van der Waals surface area contributed by atoms with Crippen molar-refractivity contribution in [1.29, 1.82) is 0 Å². The Hall–Kier alpha value is -1.13. The van der Waals surface area contributed by atoms with Crippen LogP contribution < -0.4 is 0 Å². The Morgan fingerprint density at radius 3 is 2.76 bits per heavy atom. The summed E-state index contributed by atoms with van der Waals surface area (Å²) in [7, 11) is -4.47. The summed E-state index contributed by atoms with van der Waals surface area (Å²) in [6.45, 7) is 1.82. The molecule has 6 heteroatoms. The van der Waals surface area contributed by atoms with Gasteiger partial charge in [-0.2, -0.15) is 0 Å². The number of phosphoric ester groups is 1. The van der Waals surface area contributed by atoms with E-state index in [0.717, 1.165) is 16.5 Å². The van der Waals surface area contributed by atoms with Crippen molar-refractivity contribution in [2.75, 3.05) is 0 Å². The standard InChI is InChI=1S/C11H14NO4P/c1-2-11(16-17(13,14)15)9-7-12-10-6-4-3-5-8(9)10/h3-7,11-12H,2H2,1H3,(H2,13,14,15). The van der Waals surface area contributed by atoms with E-state index < -0.39 is 13.9 Å². The van der Waals surface area contributed by atoms with Gasteiger partial charge in [-0.1, -0.05) is 25.1 Å². The molecule has 0 bridgehead atoms. The number of para-hydroxylation sites is 1. The van der Waals surface area contributed by atoms with E-state index >= 15 is 0 Å². The lowest BCUT2D eigenvalue weighted by molar-refractivity contribution is 0.132. The molecule has 0 spiro atoms. The highest BCUT2D eigenvalue weighted by molar-refractivity contribution is 7.46. The molecule has 1 unspecified atom stereocenters. The van der Waals surface area contributed by atoms with Gasteiger partial charge in [-0.25, -0.2) is 4.57 Å². The van der Waals surface area contributed by atoms with Crippen LogP contribution in [0.2, 0.25) is 0 Å². The van der Waals surface area contributed by atoms with Gasteiger partial charge < -0.3 is 14.8 Å². The second-order valence-corrected chi connectivity index (χ2v) is 4.97. The number of aromatic nitrogens is 1. The number of hydrogen-bond donors (Lipinski definition) is 3. The molecule has 3 N–H and O–H groups in total. The molecule has 2 aromatic rings. The number of nitrogens with one attached hydrogen (secondary N) is 1. The summed E-state index contributed by atoms with van der Waals surface area (Å²) in [5.41, 5.74) is 1.70. The van der Waals surface area contributed by atoms with Crippen molar-refractivity contribution >= 4 is 18.7 Å². The van der Waals surface area contributed by atoms with Crippen LogP contribution in [0.1, 0.15) is 25.0 Å². The van der Waals surface area contributed by atoms with Gasteiger partial charge in [0.15, 0.2) is 0 Å². The summed E-state index contributed by atoms with van der Waals surface area (Å²) in [5, 5.41) is 0.924. The zero-order chi connectivity index (χ0) is 12.5. The first-order chi connectivity index (χ1) is 8.01. The summed E-state index contributed by atoms with van der Waals surface area (Å²) in [6, 6.07) is 7.58. The van der Waals surface area contributed by atoms with E-state index in [2.05, 4.69) is 4.98 Å². The molecule has 1 aromatic carbocycles. The summed E-state index contributed by atoms with van der Waals surface area (Å²) >= 11 is 0. The predicted octanol–water partition coefficient (Wildman–Crippen LogP) is 2.73. The quantitative estimate of drug-likeness (QED) is 0.733. The van der Waals surface area contributed by atoms with E-state index in [-0.39, 0.29) is 0 Å². The van der Waals surface area contributed by atoms with Gasteiger partial charge in [-0.05, 0) is 12.5 Å². The van der Waals surface area contributed by atoms with E-state index in [1.54, 1.807) is 6.20 Å². The fourth-order valence-electron chi connectivity index (χ4n) is 1.88. The Bertz CT molecular complexity index is 559. The smallest absolute Gasteiger partial charge is 0.361 e. The Kier molecular flexibility index (Phi) is 3.35. The Morgan fingerprint density at radius 2 is 2.12 bits per heavy atom. The first kappa shape index (κ1) is 12.3. The number of benzene rings is 1. The van der Waals surface area contributed by atoms with Gasteiger partial charge in [0.1, 0.15) is 0 Å². The van der Waals surface area contributed by atoms with E-state index in [1.807, 2.05) is 31.2 Å². The van der Waals surface area contributed by atoms with Crippen LogP contribution in [0.4, 0.5) is 0 Å². The zero-order valence-corrected chi connectivity index (χ0v) is 10.2. The van der Waals surface area contributed by atoms with E-state index in [4.69, 9.17) is 14.3 Å². The lowest BCUT2D eigenvalue weighted by Gasteiger charge is -2.15. The maximum Gasteiger partial charge on any atom is 0.470 e. The van der Waals surface area contributed by atoms with Gasteiger partial charge in [-0.3, -0.25) is 4.52 Å². The fraction of sp³-hybridized carbons (Fsp3) is 0.273. The summed E-state index contributed by atoms with van der Waals surface area (Å²) < 4.78 is 15.7. The molecule has 0 fully saturated rings. The molecule has 1 heterocycles. The van der Waals surface area contributed by atoms with Crippen molar-refractivity contribution in [2.45, 2.75) is 19.4 Å². The summed E-state index contributed by atoms with van der Waals surface area (Å²) in [4.78, 5) is 20.8. The Morgan fingerprint density at radius 1 is 1.41 bits per heavy atom. The van der Waals surface area contributed by atoms with Gasteiger partial charge in [0, 0.05) is 22.7 Å². The lowest BCUT2D eigenvalue weighted by atomic mass is 10.1. The number of rotatable bonds is 4. The maximum absolute atomic E-state index is 10.9. The monoisotopic (exact) mass is 255 g/mol. The molecule has 0 aliphatic heterocycles. The number of fused-ring (bicyclic) bond motifs is 1. The van der Waals surface area contributed by atoms with Gasteiger partial charge in [0.05, 0.1) is 6.10 Å². The van der Waals surface area contributed by atoms with Gasteiger partial charge in [0.25, 0.3) is 0 Å². The van der Waals surface area contributed by atoms with Gasteiger partial charge in [-0.15, -0.1) is 0 Å². The molecule has 92 valence electrons. The molecule has 1 atom stereocenters. The van der Waals surface area contributed by atoms with E-state index in [1.165, 1.54) is 0 Å². The number of aromatic amines is 1. The lowest BCUT2D eigenvalue weighted by Crippen LogP contribution is -2.00. The first-order valence-electron chi connectivity index (χ1n) is 5.31. The highest BCUT2D eigenvalue weighted by Gasteiger charge is 2.24. The van der Waals surface area contributed by atoms with Crippen LogP contribution in [0, 0.1) is 0 Å². The Balaban J connectivity index is 2.40. The van der Waals surface area contributed by atoms with E-state index in [0.29, 0.717) is 6.42 Å². The fourth-order valence-corrected chi connectivity index (χ4v) is 2.47. The third-order valence-electron chi connectivity index (χ3n) is 2.60. The van der Waals surface area contributed by atoms with Crippen molar-refractivity contribution in [1.82, 2.24) is 4.98 Å². The van der Waals surface area contributed by atoms with Crippen LogP contribution >= 0.6 is 7.82 Å². The maximum atomic E-state index is 10.9. The number of hydrogen-bond acceptors (Lipinski definition) is 2. The minimum Gasteiger partial charge on any atom is -0.361 e. The molecule has 0 radical (unpaired) electrons.